The fraction of sp³-hybridized carbons (Fsp3) is 0.400. The number of aliphatic hydroxyl groups is 2. The van der Waals surface area contributed by atoms with Crippen LogP contribution >= 0.6 is 11.6 Å². The van der Waals surface area contributed by atoms with E-state index in [2.05, 4.69) is 21.0 Å². The van der Waals surface area contributed by atoms with Crippen LogP contribution < -0.4 is 11.5 Å². The molecule has 2 saturated carbocycles. The molecule has 3 heterocycles. The SMILES string of the molecule is Cc1cn([C@@H]2C[C@@H]3[C@H](Cc4ccc5cc(Cl)c(N)nc5c4)CC[C@]3(O)[C@H]2O)c2ncnc(N)c12. The average molecular weight is 479 g/mol. The molecule has 2 aliphatic carbocycles. The van der Waals surface area contributed by atoms with Gasteiger partial charge in [0.1, 0.15) is 29.7 Å². The van der Waals surface area contributed by atoms with Gasteiger partial charge in [-0.15, -0.1) is 0 Å². The number of halogens is 1. The number of fused-ring (bicyclic) bond motifs is 3. The Morgan fingerprint density at radius 2 is 2.03 bits per heavy atom. The summed E-state index contributed by atoms with van der Waals surface area (Å²) in [6.45, 7) is 1.96. The summed E-state index contributed by atoms with van der Waals surface area (Å²) in [7, 11) is 0. The Morgan fingerprint density at radius 1 is 1.21 bits per heavy atom. The van der Waals surface area contributed by atoms with Crippen molar-refractivity contribution in [1.82, 2.24) is 19.5 Å². The molecule has 0 aliphatic heterocycles. The maximum absolute atomic E-state index is 11.6. The van der Waals surface area contributed by atoms with E-state index in [9.17, 15) is 10.2 Å². The third-order valence-electron chi connectivity index (χ3n) is 8.04. The molecule has 3 aromatic heterocycles. The minimum atomic E-state index is -1.12. The molecule has 6 N–H and O–H groups in total. The van der Waals surface area contributed by atoms with Crippen LogP contribution in [-0.4, -0.2) is 41.4 Å². The maximum Gasteiger partial charge on any atom is 0.146 e. The van der Waals surface area contributed by atoms with E-state index in [4.69, 9.17) is 23.1 Å². The molecule has 2 fully saturated rings. The van der Waals surface area contributed by atoms with Gasteiger partial charge in [-0.2, -0.15) is 0 Å². The number of rotatable bonds is 3. The molecule has 176 valence electrons. The highest BCUT2D eigenvalue weighted by Gasteiger charge is 2.59. The van der Waals surface area contributed by atoms with Crippen molar-refractivity contribution in [2.45, 2.75) is 50.4 Å². The lowest BCUT2D eigenvalue weighted by Gasteiger charge is -2.29. The van der Waals surface area contributed by atoms with Crippen molar-refractivity contribution in [3.05, 3.63) is 52.9 Å². The predicted octanol–water partition coefficient (Wildman–Crippen LogP) is 3.41. The van der Waals surface area contributed by atoms with Gasteiger partial charge in [0.15, 0.2) is 0 Å². The molecule has 2 aliphatic rings. The molecule has 0 saturated heterocycles. The molecular formula is C25H27ClN6O2. The minimum Gasteiger partial charge on any atom is -0.388 e. The van der Waals surface area contributed by atoms with Crippen LogP contribution in [0, 0.1) is 18.8 Å². The van der Waals surface area contributed by atoms with Crippen LogP contribution in [0.4, 0.5) is 11.6 Å². The molecule has 0 radical (unpaired) electrons. The first-order valence-corrected chi connectivity index (χ1v) is 12.0. The molecule has 9 heteroatoms. The smallest absolute Gasteiger partial charge is 0.146 e. The number of nitrogens with zero attached hydrogens (tertiary/aromatic N) is 4. The van der Waals surface area contributed by atoms with E-state index in [0.717, 1.165) is 40.3 Å². The van der Waals surface area contributed by atoms with Crippen molar-refractivity contribution in [3.63, 3.8) is 0 Å². The van der Waals surface area contributed by atoms with E-state index in [1.54, 1.807) is 0 Å². The first-order valence-electron chi connectivity index (χ1n) is 11.6. The Labute approximate surface area is 201 Å². The van der Waals surface area contributed by atoms with Gasteiger partial charge in [-0.05, 0) is 67.7 Å². The normalized spacial score (nSPS) is 28.7. The van der Waals surface area contributed by atoms with Gasteiger partial charge in [-0.25, -0.2) is 15.0 Å². The highest BCUT2D eigenvalue weighted by molar-refractivity contribution is 6.33. The van der Waals surface area contributed by atoms with Crippen molar-refractivity contribution in [2.24, 2.45) is 11.8 Å². The Balaban J connectivity index is 1.31. The van der Waals surface area contributed by atoms with Gasteiger partial charge in [0.25, 0.3) is 0 Å². The number of hydrogen-bond acceptors (Lipinski definition) is 7. The summed E-state index contributed by atoms with van der Waals surface area (Å²) in [5.74, 6) is 0.970. The van der Waals surface area contributed by atoms with Crippen LogP contribution in [0.3, 0.4) is 0 Å². The summed E-state index contributed by atoms with van der Waals surface area (Å²) >= 11 is 6.11. The van der Waals surface area contributed by atoms with Crippen molar-refractivity contribution in [2.75, 3.05) is 11.5 Å². The summed E-state index contributed by atoms with van der Waals surface area (Å²) in [5, 5.41) is 25.1. The van der Waals surface area contributed by atoms with E-state index < -0.39 is 11.7 Å². The lowest BCUT2D eigenvalue weighted by Crippen LogP contribution is -2.42. The van der Waals surface area contributed by atoms with Gasteiger partial charge in [0.2, 0.25) is 0 Å². The van der Waals surface area contributed by atoms with Crippen molar-refractivity contribution >= 4 is 45.2 Å². The van der Waals surface area contributed by atoms with Gasteiger partial charge in [-0.3, -0.25) is 0 Å². The number of nitrogens with two attached hydrogens (primary N) is 2. The first kappa shape index (κ1) is 21.6. The fourth-order valence-corrected chi connectivity index (χ4v) is 6.55. The number of pyridine rings is 1. The van der Waals surface area contributed by atoms with E-state index in [1.165, 1.54) is 6.33 Å². The van der Waals surface area contributed by atoms with Crippen molar-refractivity contribution < 1.29 is 10.2 Å². The Kier molecular flexibility index (Phi) is 4.78. The van der Waals surface area contributed by atoms with Crippen LogP contribution in [0.1, 0.15) is 36.4 Å². The Bertz CT molecular complexity index is 1440. The van der Waals surface area contributed by atoms with E-state index in [-0.39, 0.29) is 17.9 Å². The number of anilines is 2. The van der Waals surface area contributed by atoms with Gasteiger partial charge in [0, 0.05) is 11.6 Å². The second-order valence-corrected chi connectivity index (χ2v) is 10.3. The summed E-state index contributed by atoms with van der Waals surface area (Å²) < 4.78 is 1.98. The van der Waals surface area contributed by atoms with Gasteiger partial charge < -0.3 is 26.2 Å². The number of aromatic nitrogens is 4. The van der Waals surface area contributed by atoms with E-state index in [0.29, 0.717) is 35.1 Å². The van der Waals surface area contributed by atoms with Crippen molar-refractivity contribution in [1.29, 1.82) is 0 Å². The van der Waals surface area contributed by atoms with E-state index in [1.807, 2.05) is 35.9 Å². The maximum atomic E-state index is 11.6. The molecule has 4 aromatic rings. The molecule has 0 bridgehead atoms. The molecule has 0 amide bonds. The number of nitrogen functional groups attached to an aromatic ring is 2. The van der Waals surface area contributed by atoms with Gasteiger partial charge in [-0.1, -0.05) is 23.7 Å². The Morgan fingerprint density at radius 3 is 2.85 bits per heavy atom. The van der Waals surface area contributed by atoms with Crippen LogP contribution in [0.5, 0.6) is 0 Å². The minimum absolute atomic E-state index is 0.0246. The highest BCUT2D eigenvalue weighted by Crippen LogP contribution is 2.55. The van der Waals surface area contributed by atoms with Crippen LogP contribution in [0.25, 0.3) is 21.9 Å². The highest BCUT2D eigenvalue weighted by atomic mass is 35.5. The molecule has 0 unspecified atom stereocenters. The third-order valence-corrected chi connectivity index (χ3v) is 8.35. The topological polar surface area (TPSA) is 136 Å². The first-order chi connectivity index (χ1) is 16.3. The van der Waals surface area contributed by atoms with Crippen molar-refractivity contribution in [3.8, 4) is 0 Å². The summed E-state index contributed by atoms with van der Waals surface area (Å²) in [6.07, 6.45) is 5.43. The van der Waals surface area contributed by atoms with Gasteiger partial charge >= 0.3 is 0 Å². The zero-order chi connectivity index (χ0) is 23.8. The van der Waals surface area contributed by atoms with Crippen LogP contribution in [-0.2, 0) is 6.42 Å². The predicted molar refractivity (Wildman–Crippen MR) is 132 cm³/mol. The second-order valence-electron chi connectivity index (χ2n) is 9.91. The molecule has 6 rings (SSSR count). The number of benzene rings is 1. The summed E-state index contributed by atoms with van der Waals surface area (Å²) in [6, 6.07) is 7.69. The summed E-state index contributed by atoms with van der Waals surface area (Å²) in [5.41, 5.74) is 14.5. The molecule has 5 atom stereocenters. The standard InChI is InChI=1S/C25H27ClN6O2/c1-12-10-32(24-20(12)23(28)29-11-30-24)19-9-16-14(4-5-25(16,34)21(19)33)6-13-2-3-15-8-17(26)22(27)31-18(15)7-13/h2-3,7-8,10-11,14,16,19,21,33-34H,4-6,9H2,1H3,(H2,27,31)(H2,28,29,30)/t14-,16+,19+,21-,25+/m0/s1. The van der Waals surface area contributed by atoms with Gasteiger partial charge in [0.05, 0.1) is 27.6 Å². The molecule has 1 aromatic carbocycles. The number of hydrogen-bond donors (Lipinski definition) is 4. The quantitative estimate of drug-likeness (QED) is 0.354. The fourth-order valence-electron chi connectivity index (χ4n) is 6.39. The molecule has 34 heavy (non-hydrogen) atoms. The largest absolute Gasteiger partial charge is 0.388 e. The third kappa shape index (κ3) is 3.09. The Hall–Kier alpha value is -2.94. The zero-order valence-electron chi connectivity index (χ0n) is 18.8. The monoisotopic (exact) mass is 478 g/mol. The molecule has 8 nitrogen and oxygen atoms in total. The molecule has 0 spiro atoms. The average Bonchev–Trinajstić information content (AvgIpc) is 3.39. The van der Waals surface area contributed by atoms with Crippen LogP contribution in [0.15, 0.2) is 36.8 Å². The number of aliphatic hydroxyl groups excluding tert-OH is 1. The van der Waals surface area contributed by atoms with Crippen LogP contribution in [0.2, 0.25) is 5.02 Å². The zero-order valence-corrected chi connectivity index (χ0v) is 19.6. The summed E-state index contributed by atoms with van der Waals surface area (Å²) in [4.78, 5) is 13.0. The molecular weight excluding hydrogens is 452 g/mol. The van der Waals surface area contributed by atoms with E-state index >= 15 is 0 Å². The lowest BCUT2D eigenvalue weighted by atomic mass is 9.84. The second kappa shape index (κ2) is 7.53. The lowest BCUT2D eigenvalue weighted by molar-refractivity contribution is -0.0799. The number of aryl methyl sites for hydroxylation is 1.